The molecule has 0 aliphatic carbocycles. The fourth-order valence-electron chi connectivity index (χ4n) is 11.4. The van der Waals surface area contributed by atoms with Gasteiger partial charge in [-0.25, -0.2) is 19.6 Å². The van der Waals surface area contributed by atoms with E-state index in [1.54, 1.807) is 77.9 Å². The van der Waals surface area contributed by atoms with Crippen molar-refractivity contribution in [3.8, 4) is 0 Å². The van der Waals surface area contributed by atoms with Gasteiger partial charge >= 0.3 is 11.9 Å². The zero-order valence-electron chi connectivity index (χ0n) is 52.8. The highest BCUT2D eigenvalue weighted by atomic mass is 35.5. The summed E-state index contributed by atoms with van der Waals surface area (Å²) in [5.74, 6) is -10.7. The lowest BCUT2D eigenvalue weighted by molar-refractivity contribution is -0.159. The lowest BCUT2D eigenvalue weighted by atomic mass is 10.00. The van der Waals surface area contributed by atoms with Gasteiger partial charge in [-0.05, 0) is 118 Å². The Morgan fingerprint density at radius 2 is 0.956 bits per heavy atom. The number of ether oxygens (including phenoxy) is 2. The van der Waals surface area contributed by atoms with Gasteiger partial charge < -0.3 is 60.1 Å². The van der Waals surface area contributed by atoms with Crippen LogP contribution in [0.15, 0.2) is 48.5 Å². The third-order valence-corrected chi connectivity index (χ3v) is 16.8. The number of carbonyl (C=O) groups is 12. The van der Waals surface area contributed by atoms with Crippen LogP contribution in [0.25, 0.3) is 21.8 Å². The number of hydrogen-bond acceptors (Lipinski definition) is 16. The van der Waals surface area contributed by atoms with Gasteiger partial charge in [-0.1, -0.05) is 57.5 Å². The van der Waals surface area contributed by atoms with E-state index in [9.17, 15) is 57.5 Å². The summed E-state index contributed by atoms with van der Waals surface area (Å²) in [6, 6.07) is 5.77. The number of aryl methyl sites for hydroxylation is 3. The summed E-state index contributed by atoms with van der Waals surface area (Å²) in [7, 11) is 5.29. The van der Waals surface area contributed by atoms with Crippen LogP contribution in [-0.4, -0.2) is 227 Å². The second kappa shape index (κ2) is 30.1. The summed E-state index contributed by atoms with van der Waals surface area (Å²) in [5, 5.41) is 12.3. The van der Waals surface area contributed by atoms with E-state index < -0.39 is 158 Å². The molecule has 4 N–H and O–H groups in total. The molecule has 484 valence electrons. The zero-order valence-corrected chi connectivity index (χ0v) is 53.6. The SMILES string of the molecule is Cc1ccc2cc(C)c(C(=O)N[C@@H]3COC(=O)[C@H](C(C)C)N(C)C(=O)CN(C)C(=O)CNC(=O)[C@@H]4CCCCN4C(=O)[C@H](NC(=O)c4nc5cc(Cl)ccc5cc4C)COC(=O)[C@H](C(C)C)N(C)C(=O)CN(C)C(=O)CNC(=O)[C@@H]4CCCCN4C3=O)nc2c1. The Bertz CT molecular complexity index is 3250. The highest BCUT2D eigenvalue weighted by Crippen LogP contribution is 2.25. The Morgan fingerprint density at radius 1 is 0.556 bits per heavy atom. The van der Waals surface area contributed by atoms with E-state index in [1.165, 1.54) is 38.0 Å². The van der Waals surface area contributed by atoms with Gasteiger partial charge in [-0.2, -0.15) is 0 Å². The van der Waals surface area contributed by atoms with Crippen LogP contribution in [0, 0.1) is 32.6 Å². The number of esters is 2. The van der Waals surface area contributed by atoms with Crippen LogP contribution < -0.4 is 21.3 Å². The molecule has 27 heteroatoms. The molecular formula is C63H81ClN12O14. The first-order valence-electron chi connectivity index (χ1n) is 30.1. The summed E-state index contributed by atoms with van der Waals surface area (Å²) in [6.45, 7) is 7.87. The van der Waals surface area contributed by atoms with Crippen molar-refractivity contribution in [2.75, 3.05) is 80.7 Å². The number of nitrogens with zero attached hydrogens (tertiary/aromatic N) is 8. The van der Waals surface area contributed by atoms with E-state index in [0.717, 1.165) is 30.5 Å². The molecule has 0 spiro atoms. The Balaban J connectivity index is 1.18. The number of fused-ring (bicyclic) bond motifs is 4. The Labute approximate surface area is 527 Å². The topological polar surface area (TPSA) is 317 Å². The van der Waals surface area contributed by atoms with E-state index in [4.69, 9.17) is 21.1 Å². The van der Waals surface area contributed by atoms with Crippen molar-refractivity contribution < 1.29 is 67.0 Å². The van der Waals surface area contributed by atoms with E-state index in [2.05, 4.69) is 31.2 Å². The number of rotatable bonds is 6. The van der Waals surface area contributed by atoms with Crippen molar-refractivity contribution in [2.45, 2.75) is 123 Å². The lowest BCUT2D eigenvalue weighted by Gasteiger charge is -2.37. The zero-order chi connectivity index (χ0) is 66.0. The average molecular weight is 1270 g/mol. The summed E-state index contributed by atoms with van der Waals surface area (Å²) in [6.07, 6.45) is 2.15. The first kappa shape index (κ1) is 68.7. The van der Waals surface area contributed by atoms with Gasteiger partial charge in [0.2, 0.25) is 47.3 Å². The average Bonchev–Trinajstić information content (AvgIpc) is 1.00. The van der Waals surface area contributed by atoms with Crippen molar-refractivity contribution in [1.29, 1.82) is 0 Å². The van der Waals surface area contributed by atoms with Gasteiger partial charge in [0.15, 0.2) is 0 Å². The molecule has 3 aliphatic rings. The van der Waals surface area contributed by atoms with Gasteiger partial charge in [0.25, 0.3) is 11.8 Å². The minimum atomic E-state index is -1.64. The predicted octanol–water partition coefficient (Wildman–Crippen LogP) is 2.24. The van der Waals surface area contributed by atoms with Crippen LogP contribution in [0.1, 0.15) is 104 Å². The summed E-state index contributed by atoms with van der Waals surface area (Å²) in [4.78, 5) is 186. The number of hydrogen-bond donors (Lipinski definition) is 4. The van der Waals surface area contributed by atoms with Gasteiger partial charge in [0.1, 0.15) is 60.9 Å². The molecule has 3 fully saturated rings. The molecule has 7 rings (SSSR count). The molecule has 6 atom stereocenters. The van der Waals surface area contributed by atoms with Crippen LogP contribution in [-0.2, 0) is 57.4 Å². The Morgan fingerprint density at radius 3 is 1.37 bits per heavy atom. The molecule has 2 aromatic carbocycles. The molecule has 2 aromatic heterocycles. The fraction of sp³-hybridized carbons (Fsp3) is 0.524. The van der Waals surface area contributed by atoms with Crippen LogP contribution >= 0.6 is 11.6 Å². The Kier molecular flexibility index (Phi) is 23.0. The third-order valence-electron chi connectivity index (χ3n) is 16.5. The standard InChI is InChI=1S/C63H81ClN12O14/c1-34(2)54-62(87)89-32-44(69-58(83)52-37(6)25-39-19-18-36(5)24-42(39)67-52)60(85)75-22-14-12-16-46(75)56(81)65-28-48(77)72(9)31-51(80)74(11)55(35(3)4)63(88)90-33-45(70-59(84)53-38(7)26-40-20-21-41(64)27-43(40)68-53)61(86)76-23-15-13-17-47(76)57(82)66-29-49(78)71(8)30-50(79)73(54)10/h18-21,24-27,34-35,44-47,54-55H,12-17,22-23,28-33H2,1-11H3,(H,65,81)(H,66,82)(H,69,83)(H,70,84)/t44-,45-,46+,47+,54+,55+/m1/s1. The third kappa shape index (κ3) is 16.5. The number of benzene rings is 2. The second-order valence-electron chi connectivity index (χ2n) is 24.1. The molecular weight excluding hydrogens is 1180 g/mol. The van der Waals surface area contributed by atoms with Gasteiger partial charge in [0.05, 0.1) is 37.2 Å². The number of cyclic esters (lactones) is 2. The maximum atomic E-state index is 14.9. The molecule has 90 heavy (non-hydrogen) atoms. The number of halogens is 1. The molecule has 0 radical (unpaired) electrons. The van der Waals surface area contributed by atoms with Crippen molar-refractivity contribution in [3.05, 3.63) is 81.6 Å². The molecule has 0 saturated carbocycles. The van der Waals surface area contributed by atoms with E-state index in [-0.39, 0.29) is 37.3 Å². The minimum Gasteiger partial charge on any atom is -0.461 e. The quantitative estimate of drug-likeness (QED) is 0.201. The van der Waals surface area contributed by atoms with Crippen molar-refractivity contribution in [2.24, 2.45) is 11.8 Å². The van der Waals surface area contributed by atoms with Gasteiger partial charge in [-0.15, -0.1) is 0 Å². The van der Waals surface area contributed by atoms with Crippen molar-refractivity contribution in [3.63, 3.8) is 0 Å². The lowest BCUT2D eigenvalue weighted by Crippen LogP contribution is -2.59. The maximum absolute atomic E-state index is 14.9. The van der Waals surface area contributed by atoms with Crippen LogP contribution in [0.4, 0.5) is 0 Å². The Hall–Kier alpha value is -8.81. The smallest absolute Gasteiger partial charge is 0.329 e. The number of nitrogens with one attached hydrogen (secondary N) is 4. The molecule has 5 heterocycles. The van der Waals surface area contributed by atoms with E-state index in [1.807, 2.05) is 19.1 Å². The first-order valence-corrected chi connectivity index (χ1v) is 30.5. The number of piperidine rings is 2. The number of pyridine rings is 2. The number of aromatic nitrogens is 2. The number of amides is 10. The molecule has 3 saturated heterocycles. The van der Waals surface area contributed by atoms with Crippen LogP contribution in [0.5, 0.6) is 0 Å². The second-order valence-corrected chi connectivity index (χ2v) is 24.5. The van der Waals surface area contributed by atoms with Crippen molar-refractivity contribution >= 4 is 104 Å². The molecule has 3 aliphatic heterocycles. The van der Waals surface area contributed by atoms with E-state index >= 15 is 0 Å². The minimum absolute atomic E-state index is 0.0185. The molecule has 10 amide bonds. The predicted molar refractivity (Wildman–Crippen MR) is 330 cm³/mol. The maximum Gasteiger partial charge on any atom is 0.329 e. The number of carbonyl (C=O) groups excluding carboxylic acids is 12. The molecule has 0 unspecified atom stereocenters. The normalized spacial score (nSPS) is 22.8. The highest BCUT2D eigenvalue weighted by molar-refractivity contribution is 6.31. The highest BCUT2D eigenvalue weighted by Gasteiger charge is 2.42. The van der Waals surface area contributed by atoms with Crippen LogP contribution in [0.3, 0.4) is 0 Å². The van der Waals surface area contributed by atoms with Crippen molar-refractivity contribution in [1.82, 2.24) is 60.6 Å². The molecule has 26 nitrogen and oxygen atoms in total. The fourth-order valence-corrected chi connectivity index (χ4v) is 11.6. The van der Waals surface area contributed by atoms with Gasteiger partial charge in [-0.3, -0.25) is 47.9 Å². The summed E-state index contributed by atoms with van der Waals surface area (Å²) >= 11 is 6.26. The summed E-state index contributed by atoms with van der Waals surface area (Å²) in [5.41, 5.74) is 2.59. The first-order chi connectivity index (χ1) is 42.6. The largest absolute Gasteiger partial charge is 0.461 e. The summed E-state index contributed by atoms with van der Waals surface area (Å²) < 4.78 is 11.6. The number of likely N-dealkylation sites (N-methyl/N-ethyl adjacent to an activating group) is 4. The van der Waals surface area contributed by atoms with E-state index in [0.29, 0.717) is 58.3 Å². The molecule has 4 aromatic rings. The van der Waals surface area contributed by atoms with Crippen LogP contribution in [0.2, 0.25) is 5.02 Å². The molecule has 0 bridgehead atoms. The van der Waals surface area contributed by atoms with Gasteiger partial charge in [0, 0.05) is 57.1 Å². The monoisotopic (exact) mass is 1260 g/mol.